The van der Waals surface area contributed by atoms with Gasteiger partial charge < -0.3 is 10.2 Å². The van der Waals surface area contributed by atoms with Gasteiger partial charge in [-0.3, -0.25) is 9.59 Å². The highest BCUT2D eigenvalue weighted by molar-refractivity contribution is 5.93. The average Bonchev–Trinajstić information content (AvgIpc) is 3.24. The lowest BCUT2D eigenvalue weighted by atomic mass is 9.96. The van der Waals surface area contributed by atoms with Crippen LogP contribution < -0.4 is 5.32 Å². The molecule has 180 valence electrons. The van der Waals surface area contributed by atoms with E-state index >= 15 is 0 Å². The Labute approximate surface area is 194 Å². The van der Waals surface area contributed by atoms with Crippen molar-refractivity contribution in [3.8, 4) is 0 Å². The Morgan fingerprint density at radius 2 is 1.88 bits per heavy atom. The zero-order chi connectivity index (χ0) is 24.5. The quantitative estimate of drug-likeness (QED) is 0.610. The number of aromatic nitrogens is 4. The van der Waals surface area contributed by atoms with Crippen LogP contribution in [0.5, 0.6) is 0 Å². The minimum absolute atomic E-state index is 0.106. The second-order valence-electron chi connectivity index (χ2n) is 8.44. The van der Waals surface area contributed by atoms with E-state index in [-0.39, 0.29) is 29.9 Å². The lowest BCUT2D eigenvalue weighted by Crippen LogP contribution is -2.43. The third-order valence-corrected chi connectivity index (χ3v) is 6.08. The highest BCUT2D eigenvalue weighted by Crippen LogP contribution is 2.27. The van der Waals surface area contributed by atoms with Gasteiger partial charge in [0.1, 0.15) is 0 Å². The molecule has 2 amide bonds. The Morgan fingerprint density at radius 3 is 2.59 bits per heavy atom. The Hall–Kier alpha value is -3.50. The summed E-state index contributed by atoms with van der Waals surface area (Å²) in [6.45, 7) is 4.23. The fraction of sp³-hybridized carbons (Fsp3) is 0.435. The van der Waals surface area contributed by atoms with E-state index in [4.69, 9.17) is 0 Å². The van der Waals surface area contributed by atoms with Crippen molar-refractivity contribution >= 4 is 23.3 Å². The number of likely N-dealkylation sites (tertiary alicyclic amines) is 1. The number of carbonyl (C=O) groups is 2. The van der Waals surface area contributed by atoms with E-state index in [9.17, 15) is 22.8 Å². The van der Waals surface area contributed by atoms with E-state index in [0.29, 0.717) is 48.6 Å². The molecule has 4 rings (SSSR count). The molecule has 11 heteroatoms. The standard InChI is InChI=1S/C23H25F3N6O2/c1-14-18(15(2)32-22(27-14)29-21(30-32)23(24,25)26)10-11-19(33)31-12-6-7-16(13-31)20(34)28-17-8-4-3-5-9-17/h3-5,8-9,16H,6-7,10-13H2,1-2H3,(H,28,34)/t16-/m1/s1. The highest BCUT2D eigenvalue weighted by Gasteiger charge is 2.37. The minimum atomic E-state index is -4.66. The van der Waals surface area contributed by atoms with Gasteiger partial charge in [0.05, 0.1) is 5.92 Å². The van der Waals surface area contributed by atoms with Gasteiger partial charge in [-0.1, -0.05) is 18.2 Å². The van der Waals surface area contributed by atoms with Crippen LogP contribution in [0.4, 0.5) is 18.9 Å². The fourth-order valence-corrected chi connectivity index (χ4v) is 4.26. The molecule has 2 aromatic heterocycles. The molecule has 0 aliphatic carbocycles. The van der Waals surface area contributed by atoms with Crippen molar-refractivity contribution < 1.29 is 22.8 Å². The van der Waals surface area contributed by atoms with Gasteiger partial charge in [-0.15, -0.1) is 5.10 Å². The zero-order valence-electron chi connectivity index (χ0n) is 18.9. The number of nitrogens with one attached hydrogen (secondary N) is 1. The molecule has 34 heavy (non-hydrogen) atoms. The molecule has 0 bridgehead atoms. The van der Waals surface area contributed by atoms with Crippen LogP contribution >= 0.6 is 0 Å². The topological polar surface area (TPSA) is 92.5 Å². The monoisotopic (exact) mass is 474 g/mol. The number of anilines is 1. The molecule has 1 N–H and O–H groups in total. The van der Waals surface area contributed by atoms with Crippen LogP contribution in [0.1, 0.15) is 42.0 Å². The molecule has 1 aromatic carbocycles. The van der Waals surface area contributed by atoms with Crippen LogP contribution in [-0.2, 0) is 22.2 Å². The van der Waals surface area contributed by atoms with Crippen molar-refractivity contribution in [2.45, 2.75) is 45.7 Å². The molecular formula is C23H25F3N6O2. The van der Waals surface area contributed by atoms with Gasteiger partial charge in [0.15, 0.2) is 0 Å². The van der Waals surface area contributed by atoms with E-state index in [1.165, 1.54) is 0 Å². The van der Waals surface area contributed by atoms with Crippen LogP contribution in [0, 0.1) is 19.8 Å². The van der Waals surface area contributed by atoms with Gasteiger partial charge in [0.25, 0.3) is 11.6 Å². The van der Waals surface area contributed by atoms with Crippen LogP contribution in [-0.4, -0.2) is 49.4 Å². The van der Waals surface area contributed by atoms with E-state index < -0.39 is 12.0 Å². The van der Waals surface area contributed by atoms with Gasteiger partial charge >= 0.3 is 6.18 Å². The maximum absolute atomic E-state index is 13.0. The van der Waals surface area contributed by atoms with Crippen LogP contribution in [0.15, 0.2) is 30.3 Å². The normalized spacial score (nSPS) is 16.6. The summed E-state index contributed by atoms with van der Waals surface area (Å²) in [5, 5.41) is 6.44. The van der Waals surface area contributed by atoms with Gasteiger partial charge in [-0.2, -0.15) is 18.2 Å². The van der Waals surface area contributed by atoms with Crippen LogP contribution in [0.2, 0.25) is 0 Å². The minimum Gasteiger partial charge on any atom is -0.342 e. The van der Waals surface area contributed by atoms with Crippen molar-refractivity contribution in [2.75, 3.05) is 18.4 Å². The van der Waals surface area contributed by atoms with Crippen molar-refractivity contribution in [2.24, 2.45) is 5.92 Å². The van der Waals surface area contributed by atoms with Crippen molar-refractivity contribution in [1.82, 2.24) is 24.5 Å². The summed E-state index contributed by atoms with van der Waals surface area (Å²) >= 11 is 0. The third-order valence-electron chi connectivity index (χ3n) is 6.08. The number of hydrogen-bond donors (Lipinski definition) is 1. The summed E-state index contributed by atoms with van der Waals surface area (Å²) in [5.41, 5.74) is 2.36. The molecule has 1 atom stereocenters. The molecule has 1 aliphatic heterocycles. The predicted octanol–water partition coefficient (Wildman–Crippen LogP) is 3.57. The number of hydrogen-bond acceptors (Lipinski definition) is 5. The number of rotatable bonds is 5. The molecule has 1 aliphatic rings. The fourth-order valence-electron chi connectivity index (χ4n) is 4.26. The molecular weight excluding hydrogens is 449 g/mol. The molecule has 8 nitrogen and oxygen atoms in total. The summed E-state index contributed by atoms with van der Waals surface area (Å²) < 4.78 is 40.0. The summed E-state index contributed by atoms with van der Waals surface area (Å²) in [4.78, 5) is 34.9. The number of benzene rings is 1. The number of amides is 2. The first-order valence-electron chi connectivity index (χ1n) is 11.1. The first kappa shape index (κ1) is 23.7. The average molecular weight is 474 g/mol. The summed E-state index contributed by atoms with van der Waals surface area (Å²) in [6, 6.07) is 9.17. The van der Waals surface area contributed by atoms with E-state index in [2.05, 4.69) is 20.4 Å². The zero-order valence-corrected chi connectivity index (χ0v) is 18.9. The maximum atomic E-state index is 13.0. The number of carbonyl (C=O) groups excluding carboxylic acids is 2. The largest absolute Gasteiger partial charge is 0.453 e. The lowest BCUT2D eigenvalue weighted by Gasteiger charge is -2.32. The summed E-state index contributed by atoms with van der Waals surface area (Å²) in [5.74, 6) is -1.89. The molecule has 3 heterocycles. The Bertz CT molecular complexity index is 1210. The summed E-state index contributed by atoms with van der Waals surface area (Å²) in [6.07, 6.45) is -2.78. The number of aryl methyl sites for hydroxylation is 2. The smallest absolute Gasteiger partial charge is 0.342 e. The number of halogens is 3. The maximum Gasteiger partial charge on any atom is 0.453 e. The third kappa shape index (κ3) is 5.02. The predicted molar refractivity (Wildman–Crippen MR) is 118 cm³/mol. The van der Waals surface area contributed by atoms with Gasteiger partial charge in [-0.25, -0.2) is 9.50 Å². The molecule has 0 spiro atoms. The Morgan fingerprint density at radius 1 is 1.15 bits per heavy atom. The molecule has 0 saturated carbocycles. The molecule has 3 aromatic rings. The lowest BCUT2D eigenvalue weighted by molar-refractivity contribution is -0.144. The van der Waals surface area contributed by atoms with E-state index in [0.717, 1.165) is 10.9 Å². The SMILES string of the molecule is Cc1nc2nc(C(F)(F)F)nn2c(C)c1CCC(=O)N1CCC[C@@H](C(=O)Nc2ccccc2)C1. The number of nitrogens with zero attached hydrogens (tertiary/aromatic N) is 5. The number of alkyl halides is 3. The van der Waals surface area contributed by atoms with E-state index in [1.54, 1.807) is 18.7 Å². The second kappa shape index (κ2) is 9.40. The van der Waals surface area contributed by atoms with Crippen LogP contribution in [0.3, 0.4) is 0 Å². The van der Waals surface area contributed by atoms with Crippen LogP contribution in [0.25, 0.3) is 5.78 Å². The summed E-state index contributed by atoms with van der Waals surface area (Å²) in [7, 11) is 0. The first-order chi connectivity index (χ1) is 16.1. The molecule has 0 radical (unpaired) electrons. The van der Waals surface area contributed by atoms with E-state index in [1.807, 2.05) is 30.3 Å². The van der Waals surface area contributed by atoms with Crippen molar-refractivity contribution in [1.29, 1.82) is 0 Å². The van der Waals surface area contributed by atoms with Crippen molar-refractivity contribution in [3.05, 3.63) is 53.1 Å². The Balaban J connectivity index is 1.41. The molecule has 1 fully saturated rings. The number of piperidine rings is 1. The number of fused-ring (bicyclic) bond motifs is 1. The van der Waals surface area contributed by atoms with Crippen molar-refractivity contribution in [3.63, 3.8) is 0 Å². The Kier molecular flexibility index (Phi) is 6.54. The van der Waals surface area contributed by atoms with Gasteiger partial charge in [0, 0.05) is 36.6 Å². The second-order valence-corrected chi connectivity index (χ2v) is 8.44. The van der Waals surface area contributed by atoms with Gasteiger partial charge in [0.2, 0.25) is 11.8 Å². The van der Waals surface area contributed by atoms with Gasteiger partial charge in [-0.05, 0) is 50.8 Å². The number of para-hydroxylation sites is 1. The highest BCUT2D eigenvalue weighted by atomic mass is 19.4. The first-order valence-corrected chi connectivity index (χ1v) is 11.1. The molecule has 1 saturated heterocycles. The molecule has 0 unspecified atom stereocenters.